The molecule has 0 aliphatic carbocycles. The van der Waals surface area contributed by atoms with Gasteiger partial charge in [0, 0.05) is 36.8 Å². The first kappa shape index (κ1) is 15.3. The molecule has 4 nitrogen and oxygen atoms in total. The Labute approximate surface area is 125 Å². The highest BCUT2D eigenvalue weighted by molar-refractivity contribution is 6.30. The van der Waals surface area contributed by atoms with Crippen molar-refractivity contribution in [2.45, 2.75) is 32.5 Å². The number of anilines is 1. The van der Waals surface area contributed by atoms with Gasteiger partial charge < -0.3 is 10.1 Å². The van der Waals surface area contributed by atoms with E-state index in [1.165, 1.54) is 0 Å². The van der Waals surface area contributed by atoms with Gasteiger partial charge in [0.1, 0.15) is 0 Å². The van der Waals surface area contributed by atoms with Crippen LogP contribution in [0.15, 0.2) is 24.3 Å². The lowest BCUT2D eigenvalue weighted by molar-refractivity contribution is -0.117. The summed E-state index contributed by atoms with van der Waals surface area (Å²) in [6.07, 6.45) is 0.957. The summed E-state index contributed by atoms with van der Waals surface area (Å²) in [6, 6.07) is 7.14. The number of benzene rings is 1. The molecule has 1 aliphatic heterocycles. The number of ether oxygens (including phenoxy) is 1. The Morgan fingerprint density at radius 3 is 2.50 bits per heavy atom. The predicted octanol–water partition coefficient (Wildman–Crippen LogP) is 2.78. The monoisotopic (exact) mass is 296 g/mol. The summed E-state index contributed by atoms with van der Waals surface area (Å²) in [7, 11) is 0. The van der Waals surface area contributed by atoms with Crippen molar-refractivity contribution in [2.75, 3.05) is 25.0 Å². The van der Waals surface area contributed by atoms with Gasteiger partial charge in [-0.3, -0.25) is 9.69 Å². The first-order chi connectivity index (χ1) is 9.52. The molecule has 0 bridgehead atoms. The summed E-state index contributed by atoms with van der Waals surface area (Å²) in [5.74, 6) is 0.0270. The van der Waals surface area contributed by atoms with E-state index in [-0.39, 0.29) is 18.1 Å². The number of carbonyl (C=O) groups is 1. The summed E-state index contributed by atoms with van der Waals surface area (Å²) in [6.45, 7) is 6.67. The minimum Gasteiger partial charge on any atom is -0.373 e. The molecule has 2 unspecified atom stereocenters. The highest BCUT2D eigenvalue weighted by Crippen LogP contribution is 2.14. The average Bonchev–Trinajstić information content (AvgIpc) is 2.38. The van der Waals surface area contributed by atoms with Crippen molar-refractivity contribution in [1.82, 2.24) is 4.90 Å². The van der Waals surface area contributed by atoms with Gasteiger partial charge in [-0.2, -0.15) is 0 Å². The molecule has 110 valence electrons. The number of carbonyl (C=O) groups excluding carboxylic acids is 1. The van der Waals surface area contributed by atoms with Crippen LogP contribution in [0.2, 0.25) is 5.02 Å². The molecule has 1 saturated heterocycles. The minimum absolute atomic E-state index is 0.0270. The average molecular weight is 297 g/mol. The number of nitrogens with one attached hydrogen (secondary N) is 1. The van der Waals surface area contributed by atoms with E-state index in [2.05, 4.69) is 24.1 Å². The van der Waals surface area contributed by atoms with E-state index in [0.29, 0.717) is 11.4 Å². The maximum atomic E-state index is 11.9. The molecule has 1 amide bonds. The van der Waals surface area contributed by atoms with Gasteiger partial charge >= 0.3 is 0 Å². The lowest BCUT2D eigenvalue weighted by Gasteiger charge is -2.35. The summed E-state index contributed by atoms with van der Waals surface area (Å²) in [4.78, 5) is 14.2. The number of hydrogen-bond donors (Lipinski definition) is 1. The standard InChI is InChI=1S/C15H21ClN2O2/c1-11-9-18(10-12(2)20-11)8-7-15(19)17-14-5-3-13(16)4-6-14/h3-6,11-12H,7-10H2,1-2H3,(H,17,19). The maximum absolute atomic E-state index is 11.9. The molecule has 5 heteroatoms. The summed E-state index contributed by atoms with van der Waals surface area (Å²) >= 11 is 5.81. The summed E-state index contributed by atoms with van der Waals surface area (Å²) < 4.78 is 5.68. The van der Waals surface area contributed by atoms with Gasteiger partial charge in [0.25, 0.3) is 0 Å². The van der Waals surface area contributed by atoms with Crippen molar-refractivity contribution in [1.29, 1.82) is 0 Å². The van der Waals surface area contributed by atoms with Gasteiger partial charge in [-0.1, -0.05) is 11.6 Å². The number of halogens is 1. The van der Waals surface area contributed by atoms with Crippen molar-refractivity contribution in [3.63, 3.8) is 0 Å². The smallest absolute Gasteiger partial charge is 0.225 e. The Morgan fingerprint density at radius 2 is 1.90 bits per heavy atom. The van der Waals surface area contributed by atoms with E-state index in [4.69, 9.17) is 16.3 Å². The first-order valence-corrected chi connectivity index (χ1v) is 7.34. The number of nitrogens with zero attached hydrogens (tertiary/aromatic N) is 1. The number of rotatable bonds is 4. The molecule has 1 N–H and O–H groups in total. The number of morpholine rings is 1. The molecule has 0 aromatic heterocycles. The fourth-order valence-electron chi connectivity index (χ4n) is 2.48. The van der Waals surface area contributed by atoms with Crippen LogP contribution in [-0.2, 0) is 9.53 Å². The summed E-state index contributed by atoms with van der Waals surface area (Å²) in [5.41, 5.74) is 0.781. The molecule has 20 heavy (non-hydrogen) atoms. The van der Waals surface area contributed by atoms with E-state index in [1.807, 2.05) is 0 Å². The predicted molar refractivity (Wildman–Crippen MR) is 81.1 cm³/mol. The molecular weight excluding hydrogens is 276 g/mol. The van der Waals surface area contributed by atoms with Gasteiger partial charge in [0.2, 0.25) is 5.91 Å². The summed E-state index contributed by atoms with van der Waals surface area (Å²) in [5, 5.41) is 3.54. The maximum Gasteiger partial charge on any atom is 0.225 e. The van der Waals surface area contributed by atoms with Gasteiger partial charge in [0.05, 0.1) is 12.2 Å². The van der Waals surface area contributed by atoms with Crippen molar-refractivity contribution >= 4 is 23.2 Å². The highest BCUT2D eigenvalue weighted by atomic mass is 35.5. The molecule has 0 spiro atoms. The van der Waals surface area contributed by atoms with Crippen LogP contribution >= 0.6 is 11.6 Å². The van der Waals surface area contributed by atoms with Crippen LogP contribution in [0.3, 0.4) is 0 Å². The Balaban J connectivity index is 1.76. The fourth-order valence-corrected chi connectivity index (χ4v) is 2.61. The normalized spacial score (nSPS) is 23.6. The zero-order valence-corrected chi connectivity index (χ0v) is 12.7. The zero-order valence-electron chi connectivity index (χ0n) is 11.9. The third kappa shape index (κ3) is 4.78. The zero-order chi connectivity index (χ0) is 14.5. The van der Waals surface area contributed by atoms with Crippen molar-refractivity contribution in [3.8, 4) is 0 Å². The van der Waals surface area contributed by atoms with Crippen molar-refractivity contribution < 1.29 is 9.53 Å². The second-order valence-corrected chi connectivity index (χ2v) is 5.76. The first-order valence-electron chi connectivity index (χ1n) is 6.96. The van der Waals surface area contributed by atoms with E-state index in [1.54, 1.807) is 24.3 Å². The van der Waals surface area contributed by atoms with Crippen LogP contribution in [0.5, 0.6) is 0 Å². The van der Waals surface area contributed by atoms with Crippen LogP contribution in [-0.4, -0.2) is 42.6 Å². The largest absolute Gasteiger partial charge is 0.373 e. The third-order valence-electron chi connectivity index (χ3n) is 3.28. The molecule has 2 atom stereocenters. The lowest BCUT2D eigenvalue weighted by atomic mass is 10.2. The van der Waals surface area contributed by atoms with Crippen LogP contribution < -0.4 is 5.32 Å². The van der Waals surface area contributed by atoms with Gasteiger partial charge in [-0.25, -0.2) is 0 Å². The van der Waals surface area contributed by atoms with E-state index in [0.717, 1.165) is 25.3 Å². The molecule has 1 aliphatic rings. The molecule has 1 aromatic rings. The van der Waals surface area contributed by atoms with Gasteiger partial charge in [-0.05, 0) is 38.1 Å². The van der Waals surface area contributed by atoms with Gasteiger partial charge in [-0.15, -0.1) is 0 Å². The van der Waals surface area contributed by atoms with Crippen LogP contribution in [0.4, 0.5) is 5.69 Å². The molecular formula is C15H21ClN2O2. The highest BCUT2D eigenvalue weighted by Gasteiger charge is 2.22. The Morgan fingerprint density at radius 1 is 1.30 bits per heavy atom. The van der Waals surface area contributed by atoms with Crippen molar-refractivity contribution in [2.24, 2.45) is 0 Å². The number of hydrogen-bond acceptors (Lipinski definition) is 3. The second-order valence-electron chi connectivity index (χ2n) is 5.32. The topological polar surface area (TPSA) is 41.6 Å². The van der Waals surface area contributed by atoms with E-state index < -0.39 is 0 Å². The Bertz CT molecular complexity index is 440. The Hall–Kier alpha value is -1.10. The molecule has 1 aromatic carbocycles. The molecule has 0 radical (unpaired) electrons. The molecule has 0 saturated carbocycles. The van der Waals surface area contributed by atoms with E-state index >= 15 is 0 Å². The second kappa shape index (κ2) is 7.07. The molecule has 2 rings (SSSR count). The number of amides is 1. The van der Waals surface area contributed by atoms with Gasteiger partial charge in [0.15, 0.2) is 0 Å². The molecule has 1 fully saturated rings. The lowest BCUT2D eigenvalue weighted by Crippen LogP contribution is -2.46. The SMILES string of the molecule is CC1CN(CCC(=O)Nc2ccc(Cl)cc2)CC(C)O1. The van der Waals surface area contributed by atoms with Crippen LogP contribution in [0, 0.1) is 0 Å². The third-order valence-corrected chi connectivity index (χ3v) is 3.53. The van der Waals surface area contributed by atoms with Crippen LogP contribution in [0.1, 0.15) is 20.3 Å². The van der Waals surface area contributed by atoms with Crippen molar-refractivity contribution in [3.05, 3.63) is 29.3 Å². The Kier molecular flexibility index (Phi) is 5.40. The quantitative estimate of drug-likeness (QED) is 0.929. The minimum atomic E-state index is 0.0270. The molecule has 1 heterocycles. The van der Waals surface area contributed by atoms with Crippen LogP contribution in [0.25, 0.3) is 0 Å². The van der Waals surface area contributed by atoms with E-state index in [9.17, 15) is 4.79 Å². The fraction of sp³-hybridized carbons (Fsp3) is 0.533.